The van der Waals surface area contributed by atoms with E-state index in [2.05, 4.69) is 36.4 Å². The monoisotopic (exact) mass is 272 g/mol. The third-order valence-corrected chi connectivity index (χ3v) is 4.72. The second-order valence-electron chi connectivity index (χ2n) is 3.02. The van der Waals surface area contributed by atoms with Gasteiger partial charge in [-0.1, -0.05) is 29.5 Å². The average molecular weight is 272 g/mol. The maximum Gasteiger partial charge on any atom is 0.0834 e. The molecule has 3 heteroatoms. The minimum Gasteiger partial charge on any atom is -0.372 e. The summed E-state index contributed by atoms with van der Waals surface area (Å²) in [7, 11) is 0. The van der Waals surface area contributed by atoms with E-state index in [4.69, 9.17) is 4.74 Å². The van der Waals surface area contributed by atoms with E-state index in [0.29, 0.717) is 5.25 Å². The Bertz CT molecular complexity index is 110. The van der Waals surface area contributed by atoms with Crippen LogP contribution in [0, 0.1) is 0 Å². The van der Waals surface area contributed by atoms with E-state index in [1.807, 2.05) is 11.8 Å². The maximum atomic E-state index is 5.70. The van der Waals surface area contributed by atoms with Crippen molar-refractivity contribution in [3.05, 3.63) is 0 Å². The first-order valence-electron chi connectivity index (χ1n) is 3.48. The van der Waals surface area contributed by atoms with Crippen molar-refractivity contribution in [1.29, 1.82) is 0 Å². The van der Waals surface area contributed by atoms with Crippen LogP contribution in [0.2, 0.25) is 0 Å². The molecule has 2 unspecified atom stereocenters. The van der Waals surface area contributed by atoms with E-state index in [1.165, 1.54) is 0 Å². The van der Waals surface area contributed by atoms with Crippen molar-refractivity contribution in [3.8, 4) is 0 Å². The lowest BCUT2D eigenvalue weighted by Gasteiger charge is -2.34. The van der Waals surface area contributed by atoms with Crippen molar-refractivity contribution < 1.29 is 4.74 Å². The number of alkyl halides is 1. The Morgan fingerprint density at radius 2 is 2.50 bits per heavy atom. The Kier molecular flexibility index (Phi) is 3.31. The molecule has 0 aromatic rings. The molecule has 1 nitrogen and oxygen atoms in total. The van der Waals surface area contributed by atoms with Crippen LogP contribution in [-0.2, 0) is 4.74 Å². The van der Waals surface area contributed by atoms with Crippen LogP contribution >= 0.6 is 34.4 Å². The Balaban J connectivity index is 2.38. The lowest BCUT2D eigenvalue weighted by atomic mass is 10.2. The van der Waals surface area contributed by atoms with Crippen LogP contribution in [0.25, 0.3) is 0 Å². The first-order valence-corrected chi connectivity index (χ1v) is 6.05. The van der Waals surface area contributed by atoms with E-state index in [9.17, 15) is 0 Å². The Labute approximate surface area is 80.4 Å². The van der Waals surface area contributed by atoms with Gasteiger partial charge in [0.25, 0.3) is 0 Å². The number of hydrogen-bond donors (Lipinski definition) is 0. The van der Waals surface area contributed by atoms with Crippen LogP contribution in [0.3, 0.4) is 0 Å². The molecule has 1 aliphatic rings. The van der Waals surface area contributed by atoms with Crippen LogP contribution in [-0.4, -0.2) is 27.6 Å². The fourth-order valence-corrected chi connectivity index (χ4v) is 2.65. The van der Waals surface area contributed by atoms with Crippen molar-refractivity contribution in [3.63, 3.8) is 0 Å². The minimum atomic E-state index is 0.151. The van der Waals surface area contributed by atoms with Gasteiger partial charge in [-0.3, -0.25) is 0 Å². The second kappa shape index (κ2) is 3.63. The number of ether oxygens (including phenoxy) is 1. The van der Waals surface area contributed by atoms with Crippen LogP contribution in [0.4, 0.5) is 0 Å². The van der Waals surface area contributed by atoms with Crippen molar-refractivity contribution in [1.82, 2.24) is 0 Å². The molecule has 1 rings (SSSR count). The predicted octanol–water partition coefficient (Wildman–Crippen LogP) is 2.33. The van der Waals surface area contributed by atoms with Gasteiger partial charge in [-0.15, -0.1) is 0 Å². The fraction of sp³-hybridized carbons (Fsp3) is 1.00. The average Bonchev–Trinajstić information content (AvgIpc) is 1.96. The number of thioether (sulfide) groups is 1. The SMILES string of the molecule is CC1COC(C)(CI)CS1. The fourth-order valence-electron chi connectivity index (χ4n) is 0.804. The highest BCUT2D eigenvalue weighted by atomic mass is 127. The standard InChI is InChI=1S/C7H13IOS/c1-6-3-9-7(2,4-8)5-10-6/h6H,3-5H2,1-2H3. The second-order valence-corrected chi connectivity index (χ2v) is 5.21. The summed E-state index contributed by atoms with van der Waals surface area (Å²) < 4.78 is 6.80. The summed E-state index contributed by atoms with van der Waals surface area (Å²) in [6.45, 7) is 5.33. The van der Waals surface area contributed by atoms with Gasteiger partial charge in [0.05, 0.1) is 12.2 Å². The molecule has 0 aromatic heterocycles. The third-order valence-electron chi connectivity index (χ3n) is 1.62. The summed E-state index contributed by atoms with van der Waals surface area (Å²) >= 11 is 4.41. The third kappa shape index (κ3) is 2.27. The molecule has 0 bridgehead atoms. The first-order chi connectivity index (χ1) is 4.66. The van der Waals surface area contributed by atoms with Gasteiger partial charge in [0.1, 0.15) is 0 Å². The molecule has 0 radical (unpaired) electrons. The number of rotatable bonds is 1. The molecule has 1 saturated heterocycles. The molecule has 0 aliphatic carbocycles. The van der Waals surface area contributed by atoms with Gasteiger partial charge in [-0.05, 0) is 6.92 Å². The van der Waals surface area contributed by atoms with Gasteiger partial charge < -0.3 is 4.74 Å². The minimum absolute atomic E-state index is 0.151. The van der Waals surface area contributed by atoms with Gasteiger partial charge >= 0.3 is 0 Å². The maximum absolute atomic E-state index is 5.70. The van der Waals surface area contributed by atoms with Gasteiger partial charge in [-0.2, -0.15) is 11.8 Å². The van der Waals surface area contributed by atoms with E-state index in [1.54, 1.807) is 0 Å². The summed E-state index contributed by atoms with van der Waals surface area (Å²) in [5.41, 5.74) is 0.151. The van der Waals surface area contributed by atoms with Gasteiger partial charge in [-0.25, -0.2) is 0 Å². The molecule has 2 atom stereocenters. The molecule has 0 spiro atoms. The predicted molar refractivity (Wildman–Crippen MR) is 55.2 cm³/mol. The Morgan fingerprint density at radius 3 is 2.90 bits per heavy atom. The highest BCUT2D eigenvalue weighted by molar-refractivity contribution is 14.1. The normalized spacial score (nSPS) is 41.7. The molecule has 0 N–H and O–H groups in total. The highest BCUT2D eigenvalue weighted by Crippen LogP contribution is 2.28. The van der Waals surface area contributed by atoms with Crippen LogP contribution in [0.1, 0.15) is 13.8 Å². The topological polar surface area (TPSA) is 9.23 Å². The lowest BCUT2D eigenvalue weighted by molar-refractivity contribution is 0.00236. The Morgan fingerprint density at radius 1 is 1.80 bits per heavy atom. The molecule has 0 amide bonds. The molecule has 1 heterocycles. The number of hydrogen-bond acceptors (Lipinski definition) is 2. The van der Waals surface area contributed by atoms with Crippen molar-refractivity contribution in [2.75, 3.05) is 16.8 Å². The molecule has 0 saturated carbocycles. The zero-order valence-electron chi connectivity index (χ0n) is 6.39. The van der Waals surface area contributed by atoms with Crippen LogP contribution < -0.4 is 0 Å². The summed E-state index contributed by atoms with van der Waals surface area (Å²) in [5.74, 6) is 1.15. The Hall–Kier alpha value is 1.04. The summed E-state index contributed by atoms with van der Waals surface area (Å²) in [5, 5.41) is 0.691. The summed E-state index contributed by atoms with van der Waals surface area (Å²) in [6.07, 6.45) is 0. The lowest BCUT2D eigenvalue weighted by Crippen LogP contribution is -2.40. The quantitative estimate of drug-likeness (QED) is 0.535. The molecule has 60 valence electrons. The van der Waals surface area contributed by atoms with Crippen LogP contribution in [0.5, 0.6) is 0 Å². The van der Waals surface area contributed by atoms with E-state index < -0.39 is 0 Å². The summed E-state index contributed by atoms with van der Waals surface area (Å²) in [4.78, 5) is 0. The van der Waals surface area contributed by atoms with Crippen molar-refractivity contribution >= 4 is 34.4 Å². The molecule has 1 aliphatic heterocycles. The van der Waals surface area contributed by atoms with Crippen molar-refractivity contribution in [2.24, 2.45) is 0 Å². The molecule has 10 heavy (non-hydrogen) atoms. The van der Waals surface area contributed by atoms with Gasteiger partial charge in [0.15, 0.2) is 0 Å². The van der Waals surface area contributed by atoms with E-state index in [-0.39, 0.29) is 5.60 Å². The smallest absolute Gasteiger partial charge is 0.0834 e. The van der Waals surface area contributed by atoms with Gasteiger partial charge in [0.2, 0.25) is 0 Å². The zero-order valence-corrected chi connectivity index (χ0v) is 9.37. The first kappa shape index (κ1) is 9.13. The van der Waals surface area contributed by atoms with Gasteiger partial charge in [0, 0.05) is 15.4 Å². The zero-order chi connectivity index (χ0) is 7.61. The molecule has 1 fully saturated rings. The van der Waals surface area contributed by atoms with E-state index in [0.717, 1.165) is 16.8 Å². The van der Waals surface area contributed by atoms with Crippen LogP contribution in [0.15, 0.2) is 0 Å². The largest absolute Gasteiger partial charge is 0.372 e. The molecule has 0 aromatic carbocycles. The molecular formula is C7H13IOS. The number of halogens is 1. The highest BCUT2D eigenvalue weighted by Gasteiger charge is 2.29. The van der Waals surface area contributed by atoms with Crippen molar-refractivity contribution in [2.45, 2.75) is 24.7 Å². The summed E-state index contributed by atoms with van der Waals surface area (Å²) in [6, 6.07) is 0. The molecular weight excluding hydrogens is 259 g/mol. The van der Waals surface area contributed by atoms with E-state index >= 15 is 0 Å².